The highest BCUT2D eigenvalue weighted by Gasteiger charge is 2.15. The Bertz CT molecular complexity index is 538. The zero-order valence-corrected chi connectivity index (χ0v) is 15.7. The first kappa shape index (κ1) is 18.7. The normalized spacial score (nSPS) is 19.0. The Balaban J connectivity index is 1.95. The van der Waals surface area contributed by atoms with Crippen LogP contribution in [0.5, 0.6) is 0 Å². The van der Waals surface area contributed by atoms with Crippen molar-refractivity contribution < 1.29 is 4.84 Å². The lowest BCUT2D eigenvalue weighted by Gasteiger charge is -2.29. The highest BCUT2D eigenvalue weighted by molar-refractivity contribution is 6.03. The molecule has 1 aliphatic rings. The van der Waals surface area contributed by atoms with E-state index in [4.69, 9.17) is 4.84 Å². The number of nitrogens with zero attached hydrogens (tertiary/aromatic N) is 2. The molecule has 1 aromatic carbocycles. The minimum absolute atomic E-state index is 0.532. The van der Waals surface area contributed by atoms with E-state index in [0.717, 1.165) is 25.1 Å². The van der Waals surface area contributed by atoms with Gasteiger partial charge in [-0.25, -0.2) is 0 Å². The van der Waals surface area contributed by atoms with Crippen LogP contribution < -0.4 is 0 Å². The van der Waals surface area contributed by atoms with Crippen LogP contribution in [0.25, 0.3) is 6.08 Å². The van der Waals surface area contributed by atoms with Gasteiger partial charge in [0.2, 0.25) is 0 Å². The molecule has 3 nitrogen and oxygen atoms in total. The number of allylic oxidation sites excluding steroid dienone is 1. The summed E-state index contributed by atoms with van der Waals surface area (Å²) in [5, 5.41) is 4.47. The summed E-state index contributed by atoms with van der Waals surface area (Å²) in [6.07, 6.45) is 6.83. The smallest absolute Gasteiger partial charge is 0.129 e. The van der Waals surface area contributed by atoms with Crippen LogP contribution in [0.3, 0.4) is 0 Å². The average molecular weight is 328 g/mol. The van der Waals surface area contributed by atoms with Crippen LogP contribution in [-0.4, -0.2) is 35.8 Å². The van der Waals surface area contributed by atoms with Crippen LogP contribution in [0.1, 0.15) is 58.9 Å². The molecule has 1 fully saturated rings. The van der Waals surface area contributed by atoms with Crippen LogP contribution >= 0.6 is 0 Å². The highest BCUT2D eigenvalue weighted by atomic mass is 16.6. The predicted octanol–water partition coefficient (Wildman–Crippen LogP) is 5.14. The second-order valence-electron chi connectivity index (χ2n) is 7.08. The van der Waals surface area contributed by atoms with E-state index in [9.17, 15) is 0 Å². The fourth-order valence-corrected chi connectivity index (χ4v) is 3.31. The second kappa shape index (κ2) is 9.63. The fraction of sp³-hybridized carbons (Fsp3) is 0.571. The van der Waals surface area contributed by atoms with E-state index in [0.29, 0.717) is 18.7 Å². The monoisotopic (exact) mass is 328 g/mol. The van der Waals surface area contributed by atoms with E-state index < -0.39 is 0 Å². The van der Waals surface area contributed by atoms with E-state index in [1.165, 1.54) is 24.0 Å². The van der Waals surface area contributed by atoms with Gasteiger partial charge in [-0.3, -0.25) is 4.90 Å². The summed E-state index contributed by atoms with van der Waals surface area (Å²) in [5.74, 6) is 0. The topological polar surface area (TPSA) is 24.8 Å². The first-order valence-electron chi connectivity index (χ1n) is 9.28. The van der Waals surface area contributed by atoms with Crippen LogP contribution in [-0.2, 0) is 4.84 Å². The molecule has 3 heteroatoms. The van der Waals surface area contributed by atoms with Crippen molar-refractivity contribution in [2.75, 3.05) is 13.2 Å². The van der Waals surface area contributed by atoms with Gasteiger partial charge in [-0.05, 0) is 70.6 Å². The summed E-state index contributed by atoms with van der Waals surface area (Å²) in [7, 11) is 0. The van der Waals surface area contributed by atoms with Crippen molar-refractivity contribution in [2.24, 2.45) is 5.16 Å². The van der Waals surface area contributed by atoms with Crippen molar-refractivity contribution in [3.05, 3.63) is 41.5 Å². The Labute approximate surface area is 147 Å². The zero-order valence-electron chi connectivity index (χ0n) is 15.7. The Hall–Kier alpha value is -1.61. The minimum atomic E-state index is 0.532. The average Bonchev–Trinajstić information content (AvgIpc) is 2.56. The molecule has 0 saturated heterocycles. The van der Waals surface area contributed by atoms with Crippen molar-refractivity contribution in [1.29, 1.82) is 0 Å². The molecule has 0 unspecified atom stereocenters. The van der Waals surface area contributed by atoms with E-state index in [1.54, 1.807) is 0 Å². The number of rotatable bonds is 7. The van der Waals surface area contributed by atoms with Gasteiger partial charge in [-0.15, -0.1) is 0 Å². The van der Waals surface area contributed by atoms with Crippen LogP contribution in [0.15, 0.2) is 41.1 Å². The Morgan fingerprint density at radius 2 is 1.71 bits per heavy atom. The van der Waals surface area contributed by atoms with Gasteiger partial charge in [0.1, 0.15) is 6.61 Å². The number of oxime groups is 1. The first-order chi connectivity index (χ1) is 11.6. The summed E-state index contributed by atoms with van der Waals surface area (Å²) in [6, 6.07) is 11.6. The number of hydrogen-bond donors (Lipinski definition) is 0. The molecule has 1 aliphatic carbocycles. The third kappa shape index (κ3) is 5.79. The quantitative estimate of drug-likeness (QED) is 0.511. The molecule has 1 aromatic rings. The van der Waals surface area contributed by atoms with Gasteiger partial charge in [-0.1, -0.05) is 35.5 Å². The molecule has 0 N–H and O–H groups in total. The van der Waals surface area contributed by atoms with Gasteiger partial charge >= 0.3 is 0 Å². The predicted molar refractivity (Wildman–Crippen MR) is 103 cm³/mol. The molecule has 0 spiro atoms. The van der Waals surface area contributed by atoms with Crippen LogP contribution in [0, 0.1) is 0 Å². The lowest BCUT2D eigenvalue weighted by Crippen LogP contribution is -2.39. The third-order valence-electron chi connectivity index (χ3n) is 4.56. The van der Waals surface area contributed by atoms with Crippen molar-refractivity contribution in [1.82, 2.24) is 4.90 Å². The molecule has 0 heterocycles. The standard InChI is InChI=1S/C21H32N2O/c1-17(2)23(18(3)4)14-15-24-22-21-13-9-8-12-20(21)16-19-10-6-5-7-11-19/h5-7,10-11,16-18H,8-9,12-15H2,1-4H3/b20-16+,22-21-. The Kier molecular flexibility index (Phi) is 7.51. The molecule has 0 bridgehead atoms. The van der Waals surface area contributed by atoms with E-state index in [-0.39, 0.29) is 0 Å². The van der Waals surface area contributed by atoms with Crippen molar-refractivity contribution in [2.45, 2.75) is 65.5 Å². The molecule has 0 radical (unpaired) electrons. The highest BCUT2D eigenvalue weighted by Crippen LogP contribution is 2.23. The lowest BCUT2D eigenvalue weighted by molar-refractivity contribution is 0.0824. The summed E-state index contributed by atoms with van der Waals surface area (Å²) >= 11 is 0. The van der Waals surface area contributed by atoms with Gasteiger partial charge < -0.3 is 4.84 Å². The molecule has 0 aliphatic heterocycles. The van der Waals surface area contributed by atoms with Crippen LogP contribution in [0.2, 0.25) is 0 Å². The third-order valence-corrected chi connectivity index (χ3v) is 4.56. The summed E-state index contributed by atoms with van der Waals surface area (Å²) in [4.78, 5) is 8.11. The molecule has 2 rings (SSSR count). The maximum absolute atomic E-state index is 5.68. The maximum atomic E-state index is 5.68. The van der Waals surface area contributed by atoms with Crippen molar-refractivity contribution in [3.63, 3.8) is 0 Å². The molecular formula is C21H32N2O. The number of hydrogen-bond acceptors (Lipinski definition) is 3. The van der Waals surface area contributed by atoms with Crippen molar-refractivity contribution in [3.8, 4) is 0 Å². The summed E-state index contributed by atoms with van der Waals surface area (Å²) < 4.78 is 0. The molecule has 24 heavy (non-hydrogen) atoms. The Morgan fingerprint density at radius 1 is 1.04 bits per heavy atom. The fourth-order valence-electron chi connectivity index (χ4n) is 3.31. The van der Waals surface area contributed by atoms with Gasteiger partial charge in [-0.2, -0.15) is 0 Å². The molecule has 0 amide bonds. The Morgan fingerprint density at radius 3 is 2.38 bits per heavy atom. The van der Waals surface area contributed by atoms with Gasteiger partial charge in [0.05, 0.1) is 5.71 Å². The van der Waals surface area contributed by atoms with Gasteiger partial charge in [0, 0.05) is 18.6 Å². The first-order valence-corrected chi connectivity index (χ1v) is 9.28. The molecule has 0 atom stereocenters. The van der Waals surface area contributed by atoms with Crippen LogP contribution in [0.4, 0.5) is 0 Å². The molecule has 0 aromatic heterocycles. The maximum Gasteiger partial charge on any atom is 0.129 e. The van der Waals surface area contributed by atoms with Gasteiger partial charge in [0.15, 0.2) is 0 Å². The summed E-state index contributed by atoms with van der Waals surface area (Å²) in [6.45, 7) is 10.5. The second-order valence-corrected chi connectivity index (χ2v) is 7.08. The summed E-state index contributed by atoms with van der Waals surface area (Å²) in [5.41, 5.74) is 3.70. The molecular weight excluding hydrogens is 296 g/mol. The molecule has 132 valence electrons. The zero-order chi connectivity index (χ0) is 17.4. The van der Waals surface area contributed by atoms with Crippen molar-refractivity contribution >= 4 is 11.8 Å². The van der Waals surface area contributed by atoms with E-state index in [1.807, 2.05) is 0 Å². The SMILES string of the molecule is CC(C)N(CCO/N=C1/CCCC/C1=C\c1ccccc1)C(C)C. The van der Waals surface area contributed by atoms with E-state index in [2.05, 4.69) is 74.2 Å². The van der Waals surface area contributed by atoms with E-state index >= 15 is 0 Å². The largest absolute Gasteiger partial charge is 0.394 e. The van der Waals surface area contributed by atoms with Gasteiger partial charge in [0.25, 0.3) is 0 Å². The minimum Gasteiger partial charge on any atom is -0.394 e. The number of benzene rings is 1. The lowest BCUT2D eigenvalue weighted by atomic mass is 9.91. The molecule has 1 saturated carbocycles.